The van der Waals surface area contributed by atoms with Crippen LogP contribution in [0.3, 0.4) is 0 Å². The van der Waals surface area contributed by atoms with Gasteiger partial charge in [-0.25, -0.2) is 0 Å². The summed E-state index contributed by atoms with van der Waals surface area (Å²) in [5, 5.41) is 7.74. The molecular weight excluding hydrogens is 295 g/mol. The molecule has 0 radical (unpaired) electrons. The summed E-state index contributed by atoms with van der Waals surface area (Å²) >= 11 is 11.8. The zero-order valence-corrected chi connectivity index (χ0v) is 12.7. The zero-order valence-electron chi connectivity index (χ0n) is 11.2. The highest BCUT2D eigenvalue weighted by atomic mass is 35.5. The van der Waals surface area contributed by atoms with Crippen LogP contribution in [-0.4, -0.2) is 24.0 Å². The summed E-state index contributed by atoms with van der Waals surface area (Å²) in [6.07, 6.45) is 4.93. The van der Waals surface area contributed by atoms with E-state index in [0.717, 1.165) is 18.4 Å². The Labute approximate surface area is 129 Å². The highest BCUT2D eigenvalue weighted by Crippen LogP contribution is 2.27. The van der Waals surface area contributed by atoms with Gasteiger partial charge in [-0.1, -0.05) is 29.3 Å². The van der Waals surface area contributed by atoms with E-state index in [1.54, 1.807) is 12.1 Å². The number of benzene rings is 1. The van der Waals surface area contributed by atoms with Gasteiger partial charge in [0, 0.05) is 18.1 Å². The van der Waals surface area contributed by atoms with Gasteiger partial charge >= 0.3 is 0 Å². The van der Waals surface area contributed by atoms with Gasteiger partial charge in [0.1, 0.15) is 0 Å². The molecule has 2 heterocycles. The molecule has 0 saturated carbocycles. The number of hydrogen-bond donors (Lipinski definition) is 2. The molecule has 20 heavy (non-hydrogen) atoms. The van der Waals surface area contributed by atoms with E-state index in [-0.39, 0.29) is 5.91 Å². The van der Waals surface area contributed by atoms with Crippen LogP contribution >= 0.6 is 23.2 Å². The Bertz CT molecular complexity index is 509. The fourth-order valence-electron chi connectivity index (χ4n) is 3.29. The molecule has 2 saturated heterocycles. The van der Waals surface area contributed by atoms with Crippen LogP contribution in [0.4, 0.5) is 0 Å². The Morgan fingerprint density at radius 1 is 1.20 bits per heavy atom. The topological polar surface area (TPSA) is 41.1 Å². The summed E-state index contributed by atoms with van der Waals surface area (Å²) in [6, 6.07) is 6.82. The highest BCUT2D eigenvalue weighted by molar-refractivity contribution is 6.42. The monoisotopic (exact) mass is 312 g/mol. The van der Waals surface area contributed by atoms with Gasteiger partial charge in [-0.3, -0.25) is 4.79 Å². The Morgan fingerprint density at radius 2 is 1.90 bits per heavy atom. The SMILES string of the molecule is O=C(Cc1ccc(Cl)c(Cl)c1)NC1CC2CCC(C1)N2. The van der Waals surface area contributed by atoms with Gasteiger partial charge in [0.2, 0.25) is 5.91 Å². The molecular formula is C15H18Cl2N2O. The van der Waals surface area contributed by atoms with Crippen molar-refractivity contribution >= 4 is 29.1 Å². The molecule has 5 heteroatoms. The van der Waals surface area contributed by atoms with Crippen LogP contribution in [0.15, 0.2) is 18.2 Å². The molecule has 3 nitrogen and oxygen atoms in total. The molecule has 2 atom stereocenters. The lowest BCUT2D eigenvalue weighted by molar-refractivity contribution is -0.121. The van der Waals surface area contributed by atoms with Crippen molar-refractivity contribution in [1.82, 2.24) is 10.6 Å². The summed E-state index contributed by atoms with van der Waals surface area (Å²) in [6.45, 7) is 0. The largest absolute Gasteiger partial charge is 0.353 e. The quantitative estimate of drug-likeness (QED) is 0.901. The van der Waals surface area contributed by atoms with E-state index in [0.29, 0.717) is 34.6 Å². The Morgan fingerprint density at radius 3 is 2.55 bits per heavy atom. The van der Waals surface area contributed by atoms with Crippen molar-refractivity contribution in [2.45, 2.75) is 50.2 Å². The highest BCUT2D eigenvalue weighted by Gasteiger charge is 2.33. The number of carbonyl (C=O) groups is 1. The van der Waals surface area contributed by atoms with Crippen LogP contribution in [0.5, 0.6) is 0 Å². The van der Waals surface area contributed by atoms with E-state index >= 15 is 0 Å². The first kappa shape index (κ1) is 14.2. The normalized spacial score (nSPS) is 28.4. The Hall–Kier alpha value is -0.770. The number of halogens is 2. The number of rotatable bonds is 3. The zero-order chi connectivity index (χ0) is 14.1. The van der Waals surface area contributed by atoms with E-state index in [1.807, 2.05) is 6.07 Å². The summed E-state index contributed by atoms with van der Waals surface area (Å²) in [5.74, 6) is 0.0645. The number of hydrogen-bond acceptors (Lipinski definition) is 2. The van der Waals surface area contributed by atoms with Crippen molar-refractivity contribution in [2.75, 3.05) is 0 Å². The van der Waals surface area contributed by atoms with Crippen molar-refractivity contribution in [2.24, 2.45) is 0 Å². The third kappa shape index (κ3) is 3.27. The summed E-state index contributed by atoms with van der Waals surface area (Å²) < 4.78 is 0. The van der Waals surface area contributed by atoms with Gasteiger partial charge in [-0.05, 0) is 43.4 Å². The summed E-state index contributed by atoms with van der Waals surface area (Å²) in [5.41, 5.74) is 0.897. The van der Waals surface area contributed by atoms with E-state index in [1.165, 1.54) is 12.8 Å². The minimum absolute atomic E-state index is 0.0645. The fraction of sp³-hybridized carbons (Fsp3) is 0.533. The molecule has 0 aromatic heterocycles. The molecule has 2 unspecified atom stereocenters. The molecule has 1 amide bonds. The Balaban J connectivity index is 1.55. The van der Waals surface area contributed by atoms with Crippen molar-refractivity contribution in [3.8, 4) is 0 Å². The third-order valence-electron chi connectivity index (χ3n) is 4.19. The van der Waals surface area contributed by atoms with Gasteiger partial charge in [0.25, 0.3) is 0 Å². The second kappa shape index (κ2) is 5.92. The van der Waals surface area contributed by atoms with Crippen LogP contribution in [0.1, 0.15) is 31.2 Å². The maximum atomic E-state index is 12.1. The molecule has 2 bridgehead atoms. The van der Waals surface area contributed by atoms with Crippen LogP contribution in [-0.2, 0) is 11.2 Å². The number of nitrogens with one attached hydrogen (secondary N) is 2. The molecule has 3 rings (SSSR count). The first-order valence-corrected chi connectivity index (χ1v) is 7.85. The van der Waals surface area contributed by atoms with Crippen LogP contribution in [0.25, 0.3) is 0 Å². The summed E-state index contributed by atoms with van der Waals surface area (Å²) in [4.78, 5) is 12.1. The summed E-state index contributed by atoms with van der Waals surface area (Å²) in [7, 11) is 0. The molecule has 1 aromatic rings. The molecule has 0 aliphatic carbocycles. The molecule has 0 spiro atoms. The number of amides is 1. The lowest BCUT2D eigenvalue weighted by Crippen LogP contribution is -2.48. The molecule has 2 N–H and O–H groups in total. The van der Waals surface area contributed by atoms with Crippen molar-refractivity contribution < 1.29 is 4.79 Å². The standard InChI is InChI=1S/C15H18Cl2N2O/c16-13-4-1-9(5-14(13)17)6-15(20)19-12-7-10-2-3-11(8-12)18-10/h1,4-5,10-12,18H,2-3,6-8H2,(H,19,20). The number of piperidine rings is 1. The second-order valence-electron chi connectivity index (χ2n) is 5.80. The van der Waals surface area contributed by atoms with E-state index in [2.05, 4.69) is 10.6 Å². The number of fused-ring (bicyclic) bond motifs is 2. The van der Waals surface area contributed by atoms with Gasteiger partial charge in [0.15, 0.2) is 0 Å². The van der Waals surface area contributed by atoms with Gasteiger partial charge in [-0.15, -0.1) is 0 Å². The van der Waals surface area contributed by atoms with Gasteiger partial charge < -0.3 is 10.6 Å². The number of carbonyl (C=O) groups excluding carboxylic acids is 1. The maximum Gasteiger partial charge on any atom is 0.224 e. The minimum atomic E-state index is 0.0645. The van der Waals surface area contributed by atoms with E-state index in [9.17, 15) is 4.79 Å². The fourth-order valence-corrected chi connectivity index (χ4v) is 3.61. The smallest absolute Gasteiger partial charge is 0.224 e. The average Bonchev–Trinajstić information content (AvgIpc) is 2.73. The molecule has 1 aromatic carbocycles. The first-order chi connectivity index (χ1) is 9.60. The second-order valence-corrected chi connectivity index (χ2v) is 6.61. The van der Waals surface area contributed by atoms with Crippen LogP contribution < -0.4 is 10.6 Å². The predicted octanol–water partition coefficient (Wildman–Crippen LogP) is 2.94. The third-order valence-corrected chi connectivity index (χ3v) is 4.93. The van der Waals surface area contributed by atoms with Crippen molar-refractivity contribution in [1.29, 1.82) is 0 Å². The lowest BCUT2D eigenvalue weighted by atomic mass is 9.99. The van der Waals surface area contributed by atoms with Gasteiger partial charge in [0.05, 0.1) is 16.5 Å². The van der Waals surface area contributed by atoms with Crippen LogP contribution in [0.2, 0.25) is 10.0 Å². The maximum absolute atomic E-state index is 12.1. The van der Waals surface area contributed by atoms with E-state index in [4.69, 9.17) is 23.2 Å². The Kier molecular flexibility index (Phi) is 4.20. The predicted molar refractivity (Wildman–Crippen MR) is 81.3 cm³/mol. The van der Waals surface area contributed by atoms with E-state index < -0.39 is 0 Å². The van der Waals surface area contributed by atoms with Crippen molar-refractivity contribution in [3.05, 3.63) is 33.8 Å². The molecule has 2 aliphatic heterocycles. The lowest BCUT2D eigenvalue weighted by Gasteiger charge is -2.29. The van der Waals surface area contributed by atoms with Crippen LogP contribution in [0, 0.1) is 0 Å². The van der Waals surface area contributed by atoms with Gasteiger partial charge in [-0.2, -0.15) is 0 Å². The first-order valence-electron chi connectivity index (χ1n) is 7.09. The minimum Gasteiger partial charge on any atom is -0.353 e. The molecule has 108 valence electrons. The molecule has 2 fully saturated rings. The average molecular weight is 313 g/mol. The molecule has 2 aliphatic rings. The van der Waals surface area contributed by atoms with Crippen molar-refractivity contribution in [3.63, 3.8) is 0 Å².